The fourth-order valence-corrected chi connectivity index (χ4v) is 5.52. The van der Waals surface area contributed by atoms with Gasteiger partial charge in [-0.3, -0.25) is 9.52 Å². The Kier molecular flexibility index (Phi) is 5.53. The highest BCUT2D eigenvalue weighted by molar-refractivity contribution is 7.92. The largest absolute Gasteiger partial charge is 0.481 e. The van der Waals surface area contributed by atoms with Crippen molar-refractivity contribution >= 4 is 61.3 Å². The lowest BCUT2D eigenvalue weighted by Crippen LogP contribution is -2.23. The van der Waals surface area contributed by atoms with E-state index in [0.717, 1.165) is 11.1 Å². The van der Waals surface area contributed by atoms with Crippen molar-refractivity contribution < 1.29 is 18.3 Å². The molecule has 1 saturated heterocycles. The third kappa shape index (κ3) is 4.05. The van der Waals surface area contributed by atoms with Crippen LogP contribution in [-0.4, -0.2) is 32.6 Å². The zero-order chi connectivity index (χ0) is 21.5. The van der Waals surface area contributed by atoms with Gasteiger partial charge in [-0.05, 0) is 36.8 Å². The highest BCUT2D eigenvalue weighted by atomic mass is 35.5. The van der Waals surface area contributed by atoms with Crippen molar-refractivity contribution in [2.75, 3.05) is 22.7 Å². The predicted molar refractivity (Wildman–Crippen MR) is 119 cm³/mol. The van der Waals surface area contributed by atoms with Crippen molar-refractivity contribution in [2.45, 2.75) is 11.3 Å². The molecule has 0 aromatic heterocycles. The fourth-order valence-electron chi connectivity index (χ4n) is 3.72. The van der Waals surface area contributed by atoms with Crippen LogP contribution in [0.5, 0.6) is 0 Å². The van der Waals surface area contributed by atoms with Crippen molar-refractivity contribution in [1.29, 1.82) is 0 Å². The second kappa shape index (κ2) is 7.98. The molecule has 0 amide bonds. The number of halogens is 2. The molecule has 3 aromatic rings. The molecule has 156 valence electrons. The lowest BCUT2D eigenvalue weighted by Gasteiger charge is -2.22. The first-order valence-electron chi connectivity index (χ1n) is 9.23. The second-order valence-electron chi connectivity index (χ2n) is 7.16. The third-order valence-corrected chi connectivity index (χ3v) is 6.95. The van der Waals surface area contributed by atoms with Gasteiger partial charge in [0.15, 0.2) is 0 Å². The van der Waals surface area contributed by atoms with E-state index in [1.807, 2.05) is 35.2 Å². The number of carbonyl (C=O) groups is 1. The van der Waals surface area contributed by atoms with E-state index in [1.165, 1.54) is 18.2 Å². The van der Waals surface area contributed by atoms with E-state index in [4.69, 9.17) is 23.2 Å². The number of nitrogens with zero attached hydrogens (tertiary/aromatic N) is 1. The van der Waals surface area contributed by atoms with Gasteiger partial charge < -0.3 is 10.0 Å². The van der Waals surface area contributed by atoms with Gasteiger partial charge in [0.25, 0.3) is 10.0 Å². The summed E-state index contributed by atoms with van der Waals surface area (Å²) in [7, 11) is -3.91. The molecule has 1 atom stereocenters. The summed E-state index contributed by atoms with van der Waals surface area (Å²) in [6, 6.07) is 15.1. The molecule has 6 nitrogen and oxygen atoms in total. The van der Waals surface area contributed by atoms with Gasteiger partial charge in [-0.2, -0.15) is 0 Å². The van der Waals surface area contributed by atoms with E-state index in [9.17, 15) is 18.3 Å². The smallest absolute Gasteiger partial charge is 0.308 e. The van der Waals surface area contributed by atoms with Crippen molar-refractivity contribution in [3.05, 3.63) is 64.6 Å². The van der Waals surface area contributed by atoms with Crippen LogP contribution in [0.2, 0.25) is 10.0 Å². The highest BCUT2D eigenvalue weighted by Crippen LogP contribution is 2.36. The summed E-state index contributed by atoms with van der Waals surface area (Å²) in [6.45, 7) is 1.05. The summed E-state index contributed by atoms with van der Waals surface area (Å²) in [4.78, 5) is 13.3. The molecule has 0 bridgehead atoms. The van der Waals surface area contributed by atoms with Crippen LogP contribution in [0.4, 0.5) is 11.4 Å². The van der Waals surface area contributed by atoms with E-state index < -0.39 is 21.9 Å². The maximum atomic E-state index is 12.9. The van der Waals surface area contributed by atoms with Crippen molar-refractivity contribution in [2.24, 2.45) is 5.92 Å². The number of anilines is 2. The Balaban J connectivity index is 1.72. The Labute approximate surface area is 184 Å². The molecular formula is C21H18Cl2N2O4S. The number of hydrogen-bond acceptors (Lipinski definition) is 4. The molecule has 0 radical (unpaired) electrons. The number of carboxylic acids is 1. The van der Waals surface area contributed by atoms with Gasteiger partial charge in [-0.25, -0.2) is 8.42 Å². The van der Waals surface area contributed by atoms with Crippen LogP contribution in [0, 0.1) is 5.92 Å². The van der Waals surface area contributed by atoms with Crippen LogP contribution in [0.3, 0.4) is 0 Å². The first kappa shape index (κ1) is 20.8. The minimum Gasteiger partial charge on any atom is -0.481 e. The maximum Gasteiger partial charge on any atom is 0.308 e. The van der Waals surface area contributed by atoms with Crippen molar-refractivity contribution in [3.8, 4) is 0 Å². The molecule has 1 aliphatic rings. The Bertz CT molecular complexity index is 1230. The molecule has 1 unspecified atom stereocenters. The summed E-state index contributed by atoms with van der Waals surface area (Å²) < 4.78 is 28.4. The predicted octanol–water partition coefficient (Wildman–Crippen LogP) is 4.86. The lowest BCUT2D eigenvalue weighted by atomic mass is 10.1. The van der Waals surface area contributed by atoms with Crippen molar-refractivity contribution in [3.63, 3.8) is 0 Å². The van der Waals surface area contributed by atoms with Gasteiger partial charge in [0.2, 0.25) is 0 Å². The zero-order valence-corrected chi connectivity index (χ0v) is 18.0. The summed E-state index contributed by atoms with van der Waals surface area (Å²) in [5.41, 5.74) is 1.29. The van der Waals surface area contributed by atoms with Crippen LogP contribution >= 0.6 is 23.2 Å². The number of nitrogens with one attached hydrogen (secondary N) is 1. The number of benzene rings is 3. The molecule has 1 heterocycles. The van der Waals surface area contributed by atoms with E-state index in [0.29, 0.717) is 30.6 Å². The maximum absolute atomic E-state index is 12.9. The van der Waals surface area contributed by atoms with Crippen LogP contribution in [0.15, 0.2) is 59.5 Å². The summed E-state index contributed by atoms with van der Waals surface area (Å²) in [5.74, 6) is -1.21. The standard InChI is InChI=1S/C21H18Cl2N2O4S/c22-14-9-15(23)11-16(10-14)30(28,29)24-19-5-6-20(18-4-2-1-3-17(18)19)25-8-7-13(12-25)21(26)27/h1-6,9-11,13,24H,7-8,12H2,(H,26,27). The van der Waals surface area contributed by atoms with Crippen LogP contribution in [0.1, 0.15) is 6.42 Å². The van der Waals surface area contributed by atoms with Gasteiger partial charge in [-0.15, -0.1) is 0 Å². The minimum absolute atomic E-state index is 0.0306. The highest BCUT2D eigenvalue weighted by Gasteiger charge is 2.29. The number of hydrogen-bond donors (Lipinski definition) is 2. The van der Waals surface area contributed by atoms with Crippen LogP contribution < -0.4 is 9.62 Å². The van der Waals surface area contributed by atoms with Crippen molar-refractivity contribution in [1.82, 2.24) is 0 Å². The van der Waals surface area contributed by atoms with Crippen LogP contribution in [0.25, 0.3) is 10.8 Å². The number of sulfonamides is 1. The Morgan fingerprint density at radius 3 is 2.33 bits per heavy atom. The normalized spacial score (nSPS) is 16.7. The molecule has 0 spiro atoms. The molecule has 3 aromatic carbocycles. The molecule has 2 N–H and O–H groups in total. The minimum atomic E-state index is -3.91. The molecule has 30 heavy (non-hydrogen) atoms. The first-order valence-corrected chi connectivity index (χ1v) is 11.5. The van der Waals surface area contributed by atoms with Gasteiger partial charge >= 0.3 is 5.97 Å². The molecule has 1 aliphatic heterocycles. The monoisotopic (exact) mass is 464 g/mol. The van der Waals surface area contributed by atoms with Gasteiger partial charge in [-0.1, -0.05) is 47.5 Å². The zero-order valence-electron chi connectivity index (χ0n) is 15.7. The summed E-state index contributed by atoms with van der Waals surface area (Å²) in [5, 5.41) is 11.3. The lowest BCUT2D eigenvalue weighted by molar-refractivity contribution is -0.140. The Morgan fingerprint density at radius 1 is 1.03 bits per heavy atom. The van der Waals surface area contributed by atoms with Crippen LogP contribution in [-0.2, 0) is 14.8 Å². The second-order valence-corrected chi connectivity index (χ2v) is 9.71. The Morgan fingerprint density at radius 2 is 1.70 bits per heavy atom. The summed E-state index contributed by atoms with van der Waals surface area (Å²) >= 11 is 11.9. The molecule has 0 saturated carbocycles. The number of aliphatic carboxylic acids is 1. The van der Waals surface area contributed by atoms with E-state index in [1.54, 1.807) is 6.07 Å². The summed E-state index contributed by atoms with van der Waals surface area (Å²) in [6.07, 6.45) is 0.577. The molecule has 4 rings (SSSR count). The number of fused-ring (bicyclic) bond motifs is 1. The fraction of sp³-hybridized carbons (Fsp3) is 0.190. The van der Waals surface area contributed by atoms with Gasteiger partial charge in [0, 0.05) is 39.6 Å². The van der Waals surface area contributed by atoms with E-state index in [-0.39, 0.29) is 14.9 Å². The van der Waals surface area contributed by atoms with Gasteiger partial charge in [0.05, 0.1) is 16.5 Å². The van der Waals surface area contributed by atoms with Gasteiger partial charge in [0.1, 0.15) is 0 Å². The number of carboxylic acid groups (broad SMARTS) is 1. The molecular weight excluding hydrogens is 447 g/mol. The molecule has 0 aliphatic carbocycles. The Hall–Kier alpha value is -2.48. The first-order chi connectivity index (χ1) is 14.2. The van der Waals surface area contributed by atoms with E-state index in [2.05, 4.69) is 4.72 Å². The third-order valence-electron chi connectivity index (χ3n) is 5.17. The number of rotatable bonds is 5. The van der Waals surface area contributed by atoms with E-state index >= 15 is 0 Å². The molecule has 1 fully saturated rings. The average Bonchev–Trinajstić information content (AvgIpc) is 3.18. The molecule has 9 heteroatoms. The topological polar surface area (TPSA) is 86.7 Å². The quantitative estimate of drug-likeness (QED) is 0.562. The SMILES string of the molecule is O=C(O)C1CCN(c2ccc(NS(=O)(=O)c3cc(Cl)cc(Cl)c3)c3ccccc23)C1. The average molecular weight is 465 g/mol.